The number of halogens is 3. The van der Waals surface area contributed by atoms with Crippen LogP contribution in [0.15, 0.2) is 53.9 Å². The van der Waals surface area contributed by atoms with Crippen LogP contribution in [-0.4, -0.2) is 174 Å². The first kappa shape index (κ1) is 62.2. The Bertz CT molecular complexity index is 3300. The monoisotopic (exact) mass is 1200 g/mol. The van der Waals surface area contributed by atoms with Crippen molar-refractivity contribution in [3.8, 4) is 5.75 Å². The number of ether oxygens (including phenoxy) is 3. The number of aromatic nitrogens is 4. The maximum atomic E-state index is 15.5. The van der Waals surface area contributed by atoms with E-state index in [4.69, 9.17) is 29.6 Å². The Labute approximate surface area is 488 Å². The fraction of sp³-hybridized carbons (Fsp3) is 0.527. The lowest BCUT2D eigenvalue weighted by atomic mass is 9.75. The second kappa shape index (κ2) is 26.1. The highest BCUT2D eigenvalue weighted by molar-refractivity contribution is 6.10. The van der Waals surface area contributed by atoms with E-state index in [1.807, 2.05) is 6.92 Å². The molecule has 5 amide bonds. The summed E-state index contributed by atoms with van der Waals surface area (Å²) in [7, 11) is 1.79. The molecule has 0 bridgehead atoms. The maximum Gasteiger partial charge on any atom is 0.416 e. The third kappa shape index (κ3) is 14.0. The molecule has 9 rings (SSSR count). The molecule has 2 aromatic heterocycles. The van der Waals surface area contributed by atoms with E-state index in [0.29, 0.717) is 47.9 Å². The number of likely N-dealkylation sites (tertiary alicyclic amines) is 1. The van der Waals surface area contributed by atoms with E-state index in [-0.39, 0.29) is 135 Å². The van der Waals surface area contributed by atoms with Crippen molar-refractivity contribution >= 4 is 53.1 Å². The number of quaternary nitrogens is 1. The lowest BCUT2D eigenvalue weighted by molar-refractivity contribution is -0.960. The molecule has 1 unspecified atom stereocenters. The predicted molar refractivity (Wildman–Crippen MR) is 289 cm³/mol. The normalized spacial score (nSPS) is 23.5. The zero-order valence-electron chi connectivity index (χ0n) is 46.9. The molecular weight excluding hydrogens is 1140 g/mol. The molecule has 4 saturated heterocycles. The minimum atomic E-state index is -4.91. The van der Waals surface area contributed by atoms with Gasteiger partial charge in [-0.2, -0.15) is 13.2 Å². The summed E-state index contributed by atoms with van der Waals surface area (Å²) in [4.78, 5) is 103. The van der Waals surface area contributed by atoms with E-state index in [2.05, 4.69) is 36.2 Å². The van der Waals surface area contributed by atoms with Crippen LogP contribution in [0, 0.1) is 5.92 Å². The van der Waals surface area contributed by atoms with Gasteiger partial charge in [0.2, 0.25) is 12.2 Å². The number of nitrogens with one attached hydrogen (secondary N) is 3. The van der Waals surface area contributed by atoms with Crippen molar-refractivity contribution in [2.24, 2.45) is 18.1 Å². The fourth-order valence-electron chi connectivity index (χ4n) is 11.5. The van der Waals surface area contributed by atoms with Gasteiger partial charge in [0.1, 0.15) is 60.9 Å². The molecule has 86 heavy (non-hydrogen) atoms. The Morgan fingerprint density at radius 3 is 2.37 bits per heavy atom. The Morgan fingerprint density at radius 1 is 0.953 bits per heavy atom. The third-order valence-corrected chi connectivity index (χ3v) is 15.9. The van der Waals surface area contributed by atoms with E-state index in [1.165, 1.54) is 23.1 Å². The first-order valence-electron chi connectivity index (χ1n) is 27.9. The number of hydroxylamine groups is 2. The second-order valence-corrected chi connectivity index (χ2v) is 22.3. The number of alkyl halides is 3. The SMILES string of the molecule is C[C@H]1CCC[N+](Cc2ccc(O[C@@H]3O[C@H](C(=O)O)[C@@H](O)[C@H](O)[C@H]3O)c(C(=O)NCCNC(=O)CCCC(=O)ON3C(=O)CCC3=O)c2)(Cc2cc3c(c(C(F)(F)F)c2)CN(c2cc(C4(Cc5nncn5C)COC4)cc(NCCN=[N+]=[N-])n2)C3=O)C1. The lowest BCUT2D eigenvalue weighted by Gasteiger charge is -2.44. The average molecular weight is 1210 g/mol. The number of carbonyl (C=O) groups is 7. The number of nitrogens with zero attached hydrogens (tertiary/aromatic N) is 10. The Morgan fingerprint density at radius 2 is 1.70 bits per heavy atom. The smallest absolute Gasteiger partial charge is 0.416 e. The summed E-state index contributed by atoms with van der Waals surface area (Å²) in [5.41, 5.74) is 7.99. The number of fused-ring (bicyclic) bond motifs is 1. The van der Waals surface area contributed by atoms with Gasteiger partial charge in [0, 0.05) is 98.3 Å². The summed E-state index contributed by atoms with van der Waals surface area (Å²) in [6, 6.07) is 10.3. The number of carbonyl (C=O) groups excluding carboxylic acids is 6. The number of hydrogen-bond acceptors (Lipinski definition) is 19. The largest absolute Gasteiger partial charge is 0.479 e. The van der Waals surface area contributed by atoms with Gasteiger partial charge in [0.25, 0.3) is 23.6 Å². The van der Waals surface area contributed by atoms with Crippen LogP contribution in [0.5, 0.6) is 5.75 Å². The van der Waals surface area contributed by atoms with Crippen LogP contribution in [0.2, 0.25) is 0 Å². The Balaban J connectivity index is 0.967. The lowest BCUT2D eigenvalue weighted by Crippen LogP contribution is -2.61. The zero-order valence-corrected chi connectivity index (χ0v) is 46.9. The van der Waals surface area contributed by atoms with Gasteiger partial charge in [-0.25, -0.2) is 14.6 Å². The number of azide groups is 1. The van der Waals surface area contributed by atoms with Crippen molar-refractivity contribution in [2.45, 2.75) is 120 Å². The number of aliphatic carboxylic acids is 1. The summed E-state index contributed by atoms with van der Waals surface area (Å²) < 4.78 is 65.3. The molecule has 0 aliphatic carbocycles. The van der Waals surface area contributed by atoms with Crippen molar-refractivity contribution in [2.75, 3.05) is 62.7 Å². The highest BCUT2D eigenvalue weighted by atomic mass is 19.4. The van der Waals surface area contributed by atoms with Gasteiger partial charge in [-0.3, -0.25) is 28.9 Å². The minimum Gasteiger partial charge on any atom is -0.479 e. The topological polar surface area (TPSA) is 372 Å². The quantitative estimate of drug-likeness (QED) is 0.0132. The summed E-state index contributed by atoms with van der Waals surface area (Å²) >= 11 is 0. The van der Waals surface area contributed by atoms with Crippen LogP contribution in [0.1, 0.15) is 106 Å². The number of imide groups is 1. The van der Waals surface area contributed by atoms with E-state index < -0.39 is 95.9 Å². The number of carboxylic acids is 1. The first-order chi connectivity index (χ1) is 41.0. The molecule has 5 aliphatic rings. The standard InChI is InChI=1S/C55H64F3N13O15/c1-30-5-4-16-71(24-30,26-32-18-34-36(37(19-32)55(56,57)58)23-69(51(34)80)40-21-33(20-39(65-40)60-14-15-63-67-59)54(27-83-28-54)22-41-66-64-29-68(41)2)25-31-8-9-38(84-53-48(78)46(76)47(77)49(85-53)52(81)82)35(17-31)50(79)62-13-12-61-42(72)6-3-7-45(75)86-70-43(73)10-11-44(70)74/h8-9,17-21,29-30,46-49,53,76-78H,3-7,10-16,22-28H2,1-2H3,(H3-,60,61,62,65,72,79,81,82)/p+1/t30-,46-,47-,48+,49-,53+,71?/m0/s1. The Kier molecular flexibility index (Phi) is 18.9. The van der Waals surface area contributed by atoms with Crippen LogP contribution in [-0.2, 0) is 83.0 Å². The number of rotatable bonds is 24. The van der Waals surface area contributed by atoms with Crippen LogP contribution >= 0.6 is 0 Å². The number of anilines is 2. The summed E-state index contributed by atoms with van der Waals surface area (Å²) in [5, 5.41) is 62.1. The molecule has 2 aromatic carbocycles. The van der Waals surface area contributed by atoms with Crippen molar-refractivity contribution in [3.05, 3.63) is 104 Å². The molecule has 7 atom stereocenters. The van der Waals surface area contributed by atoms with Crippen molar-refractivity contribution < 1.29 is 90.7 Å². The van der Waals surface area contributed by atoms with Gasteiger partial charge in [0.05, 0.1) is 44.0 Å². The molecule has 0 spiro atoms. The highest BCUT2D eigenvalue weighted by Crippen LogP contribution is 2.43. The molecule has 4 aromatic rings. The van der Waals surface area contributed by atoms with Gasteiger partial charge < -0.3 is 64.5 Å². The van der Waals surface area contributed by atoms with Gasteiger partial charge in [-0.05, 0) is 78.4 Å². The summed E-state index contributed by atoms with van der Waals surface area (Å²) in [6.07, 6.45) is -12.2. The number of carboxylic acid groups (broad SMARTS) is 1. The molecular formula is C55H65F3N13O15+. The molecule has 4 fully saturated rings. The zero-order chi connectivity index (χ0) is 61.7. The van der Waals surface area contributed by atoms with E-state index in [0.717, 1.165) is 12.5 Å². The highest BCUT2D eigenvalue weighted by Gasteiger charge is 2.49. The van der Waals surface area contributed by atoms with Crippen LogP contribution in [0.4, 0.5) is 24.8 Å². The Hall–Kier alpha value is -8.32. The molecule has 460 valence electrons. The van der Waals surface area contributed by atoms with Gasteiger partial charge in [0.15, 0.2) is 6.10 Å². The predicted octanol–water partition coefficient (Wildman–Crippen LogP) is 2.46. The maximum absolute atomic E-state index is 15.5. The third-order valence-electron chi connectivity index (χ3n) is 15.9. The van der Waals surface area contributed by atoms with Crippen LogP contribution in [0.25, 0.3) is 10.4 Å². The first-order valence-corrected chi connectivity index (χ1v) is 27.9. The number of aliphatic hydroxyl groups is 3. The van der Waals surface area contributed by atoms with E-state index in [9.17, 15) is 54.0 Å². The molecule has 5 aliphatic heterocycles. The molecule has 28 nitrogen and oxygen atoms in total. The van der Waals surface area contributed by atoms with Crippen LogP contribution in [0.3, 0.4) is 0 Å². The molecule has 7 heterocycles. The van der Waals surface area contributed by atoms with Crippen molar-refractivity contribution in [1.82, 2.24) is 35.4 Å². The molecule has 0 radical (unpaired) electrons. The molecule has 0 saturated carbocycles. The van der Waals surface area contributed by atoms with E-state index in [1.54, 1.807) is 36.1 Å². The van der Waals surface area contributed by atoms with E-state index >= 15 is 13.2 Å². The number of aliphatic hydroxyl groups excluding tert-OH is 3. The van der Waals surface area contributed by atoms with Crippen LogP contribution < -0.4 is 25.6 Å². The minimum absolute atomic E-state index is 0.00286. The number of amides is 5. The second-order valence-electron chi connectivity index (χ2n) is 22.3. The average Bonchev–Trinajstić information content (AvgIpc) is 1.97. The number of aryl methyl sites for hydroxylation is 1. The summed E-state index contributed by atoms with van der Waals surface area (Å²) in [5.74, 6) is -5.13. The number of benzene rings is 2. The van der Waals surface area contributed by atoms with Gasteiger partial charge >= 0.3 is 18.1 Å². The number of pyridine rings is 1. The molecule has 7 N–H and O–H groups in total. The summed E-state index contributed by atoms with van der Waals surface area (Å²) in [6.45, 7) is 3.03. The van der Waals surface area contributed by atoms with Crippen molar-refractivity contribution in [1.29, 1.82) is 0 Å². The fourth-order valence-corrected chi connectivity index (χ4v) is 11.5. The molecule has 31 heteroatoms. The van der Waals surface area contributed by atoms with Crippen molar-refractivity contribution in [3.63, 3.8) is 0 Å². The number of hydrogen-bond donors (Lipinski definition) is 7. The van der Waals surface area contributed by atoms with Gasteiger partial charge in [-0.15, -0.1) is 15.3 Å². The number of piperidine rings is 1. The van der Waals surface area contributed by atoms with Gasteiger partial charge in [-0.1, -0.05) is 12.0 Å².